The van der Waals surface area contributed by atoms with Gasteiger partial charge in [-0.15, -0.1) is 0 Å². The summed E-state index contributed by atoms with van der Waals surface area (Å²) in [5.41, 5.74) is 1.99. The largest absolute Gasteiger partial charge is 0.481 e. The van der Waals surface area contributed by atoms with E-state index >= 15 is 0 Å². The van der Waals surface area contributed by atoms with Gasteiger partial charge in [-0.3, -0.25) is 4.79 Å². The number of hydrogen-bond donors (Lipinski definition) is 3. The Bertz CT molecular complexity index is 1030. The first-order valence-corrected chi connectivity index (χ1v) is 11.9. The quantitative estimate of drug-likeness (QED) is 0.402. The Morgan fingerprint density at radius 3 is 2.54 bits per heavy atom. The second-order valence-corrected chi connectivity index (χ2v) is 8.80. The zero-order valence-corrected chi connectivity index (χ0v) is 20.6. The molecular formula is C25H31ClFN3O5. The number of hydrogen-bond acceptors (Lipinski definition) is 5. The van der Waals surface area contributed by atoms with Gasteiger partial charge in [0.2, 0.25) is 0 Å². The molecule has 8 nitrogen and oxygen atoms in total. The minimum atomic E-state index is -0.945. The maximum absolute atomic E-state index is 14.2. The van der Waals surface area contributed by atoms with E-state index in [-0.39, 0.29) is 29.8 Å². The van der Waals surface area contributed by atoms with E-state index in [1.54, 1.807) is 6.07 Å². The van der Waals surface area contributed by atoms with Gasteiger partial charge in [0.25, 0.3) is 0 Å². The van der Waals surface area contributed by atoms with Crippen LogP contribution in [0, 0.1) is 5.82 Å². The molecule has 0 unspecified atom stereocenters. The summed E-state index contributed by atoms with van der Waals surface area (Å²) in [6.07, 6.45) is 1.58. The van der Waals surface area contributed by atoms with Crippen molar-refractivity contribution in [1.29, 1.82) is 0 Å². The predicted octanol–water partition coefficient (Wildman–Crippen LogP) is 5.33. The first-order valence-electron chi connectivity index (χ1n) is 11.5. The second-order valence-electron chi connectivity index (χ2n) is 8.36. The zero-order chi connectivity index (χ0) is 25.4. The van der Waals surface area contributed by atoms with Crippen LogP contribution in [0.5, 0.6) is 0 Å². The van der Waals surface area contributed by atoms with Crippen LogP contribution in [0.2, 0.25) is 5.02 Å². The molecular weight excluding hydrogens is 477 g/mol. The molecule has 1 saturated heterocycles. The number of carboxylic acid groups (broad SMARTS) is 1. The van der Waals surface area contributed by atoms with E-state index in [9.17, 15) is 19.1 Å². The molecule has 3 N–H and O–H groups in total. The molecule has 1 aliphatic heterocycles. The van der Waals surface area contributed by atoms with Gasteiger partial charge in [-0.1, -0.05) is 17.7 Å². The lowest BCUT2D eigenvalue weighted by atomic mass is 9.95. The molecule has 10 heteroatoms. The molecule has 0 radical (unpaired) electrons. The summed E-state index contributed by atoms with van der Waals surface area (Å²) in [6, 6.07) is 9.10. The lowest BCUT2D eigenvalue weighted by molar-refractivity contribution is -0.137. The number of methoxy groups -OCH3 is 1. The van der Waals surface area contributed by atoms with E-state index in [4.69, 9.17) is 21.1 Å². The first-order chi connectivity index (χ1) is 16.8. The van der Waals surface area contributed by atoms with Gasteiger partial charge in [0.1, 0.15) is 5.82 Å². The highest BCUT2D eigenvalue weighted by molar-refractivity contribution is 6.30. The van der Waals surface area contributed by atoms with Crippen LogP contribution in [0.1, 0.15) is 37.7 Å². The van der Waals surface area contributed by atoms with Gasteiger partial charge in [0.05, 0.1) is 30.1 Å². The Morgan fingerprint density at radius 1 is 1.20 bits per heavy atom. The number of ether oxygens (including phenoxy) is 2. The Labute approximate surface area is 209 Å². The van der Waals surface area contributed by atoms with Crippen molar-refractivity contribution in [3.63, 3.8) is 0 Å². The van der Waals surface area contributed by atoms with Gasteiger partial charge in [0.15, 0.2) is 0 Å². The Kier molecular flexibility index (Phi) is 9.71. The molecule has 1 atom stereocenters. The van der Waals surface area contributed by atoms with Crippen molar-refractivity contribution in [1.82, 2.24) is 0 Å². The molecule has 190 valence electrons. The summed E-state index contributed by atoms with van der Waals surface area (Å²) in [7, 11) is 1.51. The molecule has 1 aliphatic rings. The number of amides is 2. The number of carboxylic acids is 1. The summed E-state index contributed by atoms with van der Waals surface area (Å²) in [4.78, 5) is 26.5. The SMILES string of the molecule is CCN(c1ccc([C@H](COC)CC(=O)O)cc1NC(=O)Nc1ccc(Cl)cc1F)C1CCOCC1. The molecule has 0 spiro atoms. The number of anilines is 3. The number of aliphatic carboxylic acids is 1. The second kappa shape index (κ2) is 12.7. The number of nitrogens with one attached hydrogen (secondary N) is 2. The van der Waals surface area contributed by atoms with Crippen LogP contribution in [-0.4, -0.2) is 56.6 Å². The fourth-order valence-corrected chi connectivity index (χ4v) is 4.49. The molecule has 0 saturated carbocycles. The maximum Gasteiger partial charge on any atom is 0.323 e. The lowest BCUT2D eigenvalue weighted by Gasteiger charge is -2.36. The third-order valence-corrected chi connectivity index (χ3v) is 6.23. The Hall–Kier alpha value is -2.88. The molecule has 1 heterocycles. The standard InChI is InChI=1S/C25H31ClFN3O5/c1-3-30(19-8-10-35-11-9-19)23-7-4-16(17(15-34-2)13-24(31)32)12-22(23)29-25(33)28-21-6-5-18(26)14-20(21)27/h4-7,12,14,17,19H,3,8-11,13,15H2,1-2H3,(H,31,32)(H2,28,29,33)/t17-/m0/s1. The van der Waals surface area contributed by atoms with Gasteiger partial charge < -0.3 is 30.1 Å². The van der Waals surface area contributed by atoms with Crippen LogP contribution < -0.4 is 15.5 Å². The average molecular weight is 508 g/mol. The highest BCUT2D eigenvalue weighted by Gasteiger charge is 2.25. The van der Waals surface area contributed by atoms with Crippen LogP contribution >= 0.6 is 11.6 Å². The topological polar surface area (TPSA) is 100 Å². The minimum absolute atomic E-state index is 0.00971. The van der Waals surface area contributed by atoms with Gasteiger partial charge in [-0.25, -0.2) is 9.18 Å². The van der Waals surface area contributed by atoms with E-state index in [0.29, 0.717) is 31.0 Å². The molecule has 0 aromatic heterocycles. The average Bonchev–Trinajstić information content (AvgIpc) is 2.82. The van der Waals surface area contributed by atoms with Crippen molar-refractivity contribution < 1.29 is 28.6 Å². The number of carbonyl (C=O) groups is 2. The Morgan fingerprint density at radius 2 is 1.91 bits per heavy atom. The van der Waals surface area contributed by atoms with Crippen LogP contribution in [0.4, 0.5) is 26.2 Å². The number of nitrogens with zero attached hydrogens (tertiary/aromatic N) is 1. The van der Waals surface area contributed by atoms with Gasteiger partial charge in [-0.05, 0) is 55.7 Å². The van der Waals surface area contributed by atoms with Crippen LogP contribution in [0.3, 0.4) is 0 Å². The molecule has 0 aliphatic carbocycles. The monoisotopic (exact) mass is 507 g/mol. The van der Waals surface area contributed by atoms with E-state index in [1.807, 2.05) is 19.1 Å². The molecule has 2 aromatic rings. The number of rotatable bonds is 10. The van der Waals surface area contributed by atoms with Crippen LogP contribution in [0.25, 0.3) is 0 Å². The predicted molar refractivity (Wildman–Crippen MR) is 134 cm³/mol. The van der Waals surface area contributed by atoms with E-state index in [0.717, 1.165) is 24.6 Å². The summed E-state index contributed by atoms with van der Waals surface area (Å²) < 4.78 is 25.0. The lowest BCUT2D eigenvalue weighted by Crippen LogP contribution is -2.40. The van der Waals surface area contributed by atoms with Gasteiger partial charge in [0, 0.05) is 43.9 Å². The molecule has 2 aromatic carbocycles. The molecule has 3 rings (SSSR count). The fraction of sp³-hybridized carbons (Fsp3) is 0.440. The maximum atomic E-state index is 14.2. The third kappa shape index (κ3) is 7.30. The van der Waals surface area contributed by atoms with Crippen molar-refractivity contribution in [2.75, 3.05) is 49.0 Å². The summed E-state index contributed by atoms with van der Waals surface area (Å²) >= 11 is 5.80. The highest BCUT2D eigenvalue weighted by atomic mass is 35.5. The van der Waals surface area contributed by atoms with Gasteiger partial charge in [-0.2, -0.15) is 0 Å². The number of urea groups is 1. The van der Waals surface area contributed by atoms with Crippen molar-refractivity contribution in [2.24, 2.45) is 0 Å². The summed E-state index contributed by atoms with van der Waals surface area (Å²) in [5, 5.41) is 14.9. The first kappa shape index (κ1) is 26.7. The van der Waals surface area contributed by atoms with Gasteiger partial charge >= 0.3 is 12.0 Å². The molecule has 2 amide bonds. The number of benzene rings is 2. The van der Waals surface area contributed by atoms with Crippen molar-refractivity contribution in [3.05, 3.63) is 52.8 Å². The third-order valence-electron chi connectivity index (χ3n) is 5.99. The molecule has 35 heavy (non-hydrogen) atoms. The van der Waals surface area contributed by atoms with E-state index < -0.39 is 23.7 Å². The molecule has 1 fully saturated rings. The van der Waals surface area contributed by atoms with Crippen molar-refractivity contribution >= 4 is 40.7 Å². The minimum Gasteiger partial charge on any atom is -0.481 e. The van der Waals surface area contributed by atoms with Crippen LogP contribution in [0.15, 0.2) is 36.4 Å². The Balaban J connectivity index is 1.94. The van der Waals surface area contributed by atoms with E-state index in [2.05, 4.69) is 15.5 Å². The van der Waals surface area contributed by atoms with E-state index in [1.165, 1.54) is 19.2 Å². The van der Waals surface area contributed by atoms with Crippen molar-refractivity contribution in [2.45, 2.75) is 38.1 Å². The summed E-state index contributed by atoms with van der Waals surface area (Å²) in [6.45, 7) is 4.27. The highest BCUT2D eigenvalue weighted by Crippen LogP contribution is 2.34. The molecule has 0 bridgehead atoms. The number of carbonyl (C=O) groups excluding carboxylic acids is 1. The zero-order valence-electron chi connectivity index (χ0n) is 19.9. The number of halogens is 2. The smallest absolute Gasteiger partial charge is 0.323 e. The normalized spacial score (nSPS) is 14.9. The van der Waals surface area contributed by atoms with Crippen LogP contribution in [-0.2, 0) is 14.3 Å². The summed E-state index contributed by atoms with van der Waals surface area (Å²) in [5.74, 6) is -2.00. The fourth-order valence-electron chi connectivity index (χ4n) is 4.33. The van der Waals surface area contributed by atoms with Crippen molar-refractivity contribution in [3.8, 4) is 0 Å².